The summed E-state index contributed by atoms with van der Waals surface area (Å²) in [6, 6.07) is 0. The van der Waals surface area contributed by atoms with Crippen LogP contribution in [-0.4, -0.2) is 43.0 Å². The molecule has 0 aliphatic carbocycles. The molecule has 0 spiro atoms. The van der Waals surface area contributed by atoms with E-state index in [1.165, 1.54) is 32.4 Å². The summed E-state index contributed by atoms with van der Waals surface area (Å²) >= 11 is 0. The molecule has 2 atom stereocenters. The minimum absolute atomic E-state index is 0.250. The molecule has 0 aromatic heterocycles. The third kappa shape index (κ3) is 5.95. The number of likely N-dealkylation sites (N-methyl/N-ethyl adjacent to an activating group) is 1. The lowest BCUT2D eigenvalue weighted by atomic mass is 9.89. The van der Waals surface area contributed by atoms with Gasteiger partial charge in [0.2, 0.25) is 5.91 Å². The van der Waals surface area contributed by atoms with Crippen LogP contribution in [0, 0.1) is 11.8 Å². The van der Waals surface area contributed by atoms with Crippen LogP contribution in [-0.2, 0) is 4.79 Å². The first-order valence-electron chi connectivity index (χ1n) is 8.60. The second kappa shape index (κ2) is 8.74. The van der Waals surface area contributed by atoms with E-state index in [1.807, 2.05) is 14.0 Å². The lowest BCUT2D eigenvalue weighted by molar-refractivity contribution is -0.123. The van der Waals surface area contributed by atoms with Crippen molar-refractivity contribution in [2.75, 3.05) is 26.7 Å². The minimum Gasteiger partial charge on any atom is -0.368 e. The number of carbonyl (C=O) groups is 1. The largest absolute Gasteiger partial charge is 0.368 e. The van der Waals surface area contributed by atoms with Gasteiger partial charge in [-0.05, 0) is 84.0 Å². The highest BCUT2D eigenvalue weighted by Gasteiger charge is 2.28. The highest BCUT2D eigenvalue weighted by atomic mass is 16.1. The molecular formula is C17H35N3O. The van der Waals surface area contributed by atoms with Crippen molar-refractivity contribution >= 4 is 5.91 Å². The minimum atomic E-state index is -0.554. The standard InChI is InChI=1S/C17H35N3O/c1-14(2)15-8-7-12-20(13-9-15)11-6-5-10-17(3,19-4)16(18)21/h14-15,19H,5-13H2,1-4H3,(H2,18,21). The molecule has 1 amide bonds. The summed E-state index contributed by atoms with van der Waals surface area (Å²) in [5.41, 5.74) is 4.90. The Bertz CT molecular complexity index is 319. The van der Waals surface area contributed by atoms with Crippen LogP contribution in [0.4, 0.5) is 0 Å². The van der Waals surface area contributed by atoms with Crippen LogP contribution < -0.4 is 11.1 Å². The molecule has 1 aliphatic rings. The number of rotatable bonds is 8. The number of unbranched alkanes of at least 4 members (excludes halogenated alkanes) is 1. The molecular weight excluding hydrogens is 262 g/mol. The van der Waals surface area contributed by atoms with Gasteiger partial charge in [0.1, 0.15) is 0 Å². The maximum Gasteiger partial charge on any atom is 0.237 e. The summed E-state index contributed by atoms with van der Waals surface area (Å²) in [6.07, 6.45) is 7.07. The third-order valence-corrected chi connectivity index (χ3v) is 5.30. The van der Waals surface area contributed by atoms with Gasteiger partial charge in [0, 0.05) is 0 Å². The molecule has 3 N–H and O–H groups in total. The van der Waals surface area contributed by atoms with Gasteiger partial charge in [0.15, 0.2) is 0 Å². The predicted molar refractivity (Wildman–Crippen MR) is 89.1 cm³/mol. The van der Waals surface area contributed by atoms with Crippen LogP contribution in [0.2, 0.25) is 0 Å². The Hall–Kier alpha value is -0.610. The van der Waals surface area contributed by atoms with E-state index in [1.54, 1.807) is 0 Å². The maximum atomic E-state index is 11.4. The lowest BCUT2D eigenvalue weighted by Gasteiger charge is -2.26. The normalized spacial score (nSPS) is 23.8. The van der Waals surface area contributed by atoms with Crippen LogP contribution in [0.3, 0.4) is 0 Å². The van der Waals surface area contributed by atoms with Crippen molar-refractivity contribution < 1.29 is 4.79 Å². The Kier molecular flexibility index (Phi) is 7.67. The Morgan fingerprint density at radius 3 is 2.62 bits per heavy atom. The van der Waals surface area contributed by atoms with Crippen molar-refractivity contribution in [2.45, 2.75) is 64.8 Å². The summed E-state index contributed by atoms with van der Waals surface area (Å²) < 4.78 is 0. The highest BCUT2D eigenvalue weighted by molar-refractivity contribution is 5.84. The zero-order chi connectivity index (χ0) is 15.9. The van der Waals surface area contributed by atoms with Crippen molar-refractivity contribution in [3.8, 4) is 0 Å². The Morgan fingerprint density at radius 2 is 2.05 bits per heavy atom. The Morgan fingerprint density at radius 1 is 1.33 bits per heavy atom. The first kappa shape index (κ1) is 18.4. The average molecular weight is 297 g/mol. The van der Waals surface area contributed by atoms with Gasteiger partial charge in [0.05, 0.1) is 5.54 Å². The topological polar surface area (TPSA) is 58.4 Å². The molecule has 21 heavy (non-hydrogen) atoms. The van der Waals surface area contributed by atoms with Crippen molar-refractivity contribution in [3.63, 3.8) is 0 Å². The number of primary amides is 1. The fourth-order valence-electron chi connectivity index (χ4n) is 3.26. The number of carbonyl (C=O) groups excluding carboxylic acids is 1. The van der Waals surface area contributed by atoms with Crippen molar-refractivity contribution in [3.05, 3.63) is 0 Å². The fraction of sp³-hybridized carbons (Fsp3) is 0.941. The third-order valence-electron chi connectivity index (χ3n) is 5.30. The predicted octanol–water partition coefficient (Wildman–Crippen LogP) is 2.38. The summed E-state index contributed by atoms with van der Waals surface area (Å²) in [6.45, 7) is 10.2. The zero-order valence-electron chi connectivity index (χ0n) is 14.5. The summed E-state index contributed by atoms with van der Waals surface area (Å²) in [5.74, 6) is 1.47. The molecule has 124 valence electrons. The molecule has 0 aromatic rings. The van der Waals surface area contributed by atoms with E-state index in [9.17, 15) is 4.79 Å². The number of amides is 1. The Labute approximate surface area is 130 Å². The molecule has 1 rings (SSSR count). The molecule has 0 saturated carbocycles. The highest BCUT2D eigenvalue weighted by Crippen LogP contribution is 2.24. The van der Waals surface area contributed by atoms with E-state index >= 15 is 0 Å². The van der Waals surface area contributed by atoms with Crippen LogP contribution >= 0.6 is 0 Å². The van der Waals surface area contributed by atoms with Crippen LogP contribution in [0.15, 0.2) is 0 Å². The SMILES string of the molecule is CNC(C)(CCCCN1CCCC(C(C)C)CC1)C(N)=O. The monoisotopic (exact) mass is 297 g/mol. The number of nitrogens with one attached hydrogen (secondary N) is 1. The van der Waals surface area contributed by atoms with E-state index in [0.29, 0.717) is 0 Å². The van der Waals surface area contributed by atoms with Gasteiger partial charge in [-0.2, -0.15) is 0 Å². The van der Waals surface area contributed by atoms with E-state index in [0.717, 1.165) is 37.6 Å². The molecule has 1 aliphatic heterocycles. The molecule has 4 heteroatoms. The number of likely N-dealkylation sites (tertiary alicyclic amines) is 1. The van der Waals surface area contributed by atoms with Crippen molar-refractivity contribution in [2.24, 2.45) is 17.6 Å². The average Bonchev–Trinajstić information content (AvgIpc) is 2.68. The van der Waals surface area contributed by atoms with Gasteiger partial charge < -0.3 is 16.0 Å². The summed E-state index contributed by atoms with van der Waals surface area (Å²) in [5, 5.41) is 3.06. The second-order valence-corrected chi connectivity index (χ2v) is 7.18. The van der Waals surface area contributed by atoms with Crippen LogP contribution in [0.1, 0.15) is 59.3 Å². The molecule has 1 fully saturated rings. The molecule has 1 heterocycles. The second-order valence-electron chi connectivity index (χ2n) is 7.18. The first-order valence-corrected chi connectivity index (χ1v) is 8.60. The molecule has 0 aromatic carbocycles. The molecule has 0 radical (unpaired) electrons. The fourth-order valence-corrected chi connectivity index (χ4v) is 3.26. The van der Waals surface area contributed by atoms with Gasteiger partial charge >= 0.3 is 0 Å². The first-order chi connectivity index (χ1) is 9.89. The Balaban J connectivity index is 2.25. The summed E-state index contributed by atoms with van der Waals surface area (Å²) in [7, 11) is 1.81. The van der Waals surface area contributed by atoms with Gasteiger partial charge in [-0.25, -0.2) is 0 Å². The molecule has 4 nitrogen and oxygen atoms in total. The molecule has 2 unspecified atom stereocenters. The van der Waals surface area contributed by atoms with Gasteiger partial charge in [-0.3, -0.25) is 4.79 Å². The number of nitrogens with two attached hydrogens (primary N) is 1. The number of nitrogens with zero attached hydrogens (tertiary/aromatic N) is 1. The van der Waals surface area contributed by atoms with E-state index in [2.05, 4.69) is 24.1 Å². The van der Waals surface area contributed by atoms with E-state index < -0.39 is 5.54 Å². The lowest BCUT2D eigenvalue weighted by Crippen LogP contribution is -2.51. The smallest absolute Gasteiger partial charge is 0.237 e. The van der Waals surface area contributed by atoms with E-state index in [4.69, 9.17) is 5.73 Å². The molecule has 1 saturated heterocycles. The van der Waals surface area contributed by atoms with Crippen LogP contribution in [0.25, 0.3) is 0 Å². The number of hydrogen-bond donors (Lipinski definition) is 2. The summed E-state index contributed by atoms with van der Waals surface area (Å²) in [4.78, 5) is 14.0. The zero-order valence-corrected chi connectivity index (χ0v) is 14.5. The van der Waals surface area contributed by atoms with Gasteiger partial charge in [0.25, 0.3) is 0 Å². The number of hydrogen-bond acceptors (Lipinski definition) is 3. The van der Waals surface area contributed by atoms with Crippen LogP contribution in [0.5, 0.6) is 0 Å². The van der Waals surface area contributed by atoms with Gasteiger partial charge in [-0.1, -0.05) is 13.8 Å². The van der Waals surface area contributed by atoms with E-state index in [-0.39, 0.29) is 5.91 Å². The van der Waals surface area contributed by atoms with Gasteiger partial charge in [-0.15, -0.1) is 0 Å². The van der Waals surface area contributed by atoms with Crippen molar-refractivity contribution in [1.29, 1.82) is 0 Å². The quantitative estimate of drug-likeness (QED) is 0.676. The van der Waals surface area contributed by atoms with Crippen molar-refractivity contribution in [1.82, 2.24) is 10.2 Å². The molecule has 0 bridgehead atoms. The maximum absolute atomic E-state index is 11.4.